The first kappa shape index (κ1) is 14.3. The highest BCUT2D eigenvalue weighted by Gasteiger charge is 2.41. The van der Waals surface area contributed by atoms with Gasteiger partial charge in [-0.05, 0) is 30.4 Å². The van der Waals surface area contributed by atoms with Crippen LogP contribution in [-0.2, 0) is 13.1 Å². The Morgan fingerprint density at radius 2 is 1.29 bits per heavy atom. The molecule has 0 aliphatic heterocycles. The lowest BCUT2D eigenvalue weighted by molar-refractivity contribution is 0.00931. The lowest BCUT2D eigenvalue weighted by Gasteiger charge is -2.50. The normalized spacial score (nSPS) is 16.7. The molecule has 0 amide bonds. The third-order valence-corrected chi connectivity index (χ3v) is 4.77. The summed E-state index contributed by atoms with van der Waals surface area (Å²) in [4.78, 5) is 2.58. The number of nitrogens with zero attached hydrogens (tertiary/aromatic N) is 1. The topological polar surface area (TPSA) is 29.3 Å². The van der Waals surface area contributed by atoms with E-state index in [1.54, 1.807) is 0 Å². The van der Waals surface area contributed by atoms with Crippen LogP contribution >= 0.6 is 0 Å². The minimum absolute atomic E-state index is 0.200. The van der Waals surface area contributed by atoms with E-state index >= 15 is 0 Å². The Kier molecular flexibility index (Phi) is 4.37. The summed E-state index contributed by atoms with van der Waals surface area (Å²) in [6.45, 7) is 2.71. The van der Waals surface area contributed by atoms with Crippen LogP contribution in [0.5, 0.6) is 0 Å². The van der Waals surface area contributed by atoms with E-state index in [-0.39, 0.29) is 5.54 Å². The van der Waals surface area contributed by atoms with Gasteiger partial charge in [-0.15, -0.1) is 0 Å². The van der Waals surface area contributed by atoms with Crippen LogP contribution in [0.4, 0.5) is 0 Å². The zero-order chi connectivity index (χ0) is 14.5. The Bertz CT molecular complexity index is 499. The minimum Gasteiger partial charge on any atom is -0.329 e. The van der Waals surface area contributed by atoms with Gasteiger partial charge >= 0.3 is 0 Å². The molecular weight excluding hydrogens is 256 g/mol. The van der Waals surface area contributed by atoms with Gasteiger partial charge in [0.15, 0.2) is 0 Å². The van der Waals surface area contributed by atoms with Crippen molar-refractivity contribution < 1.29 is 0 Å². The van der Waals surface area contributed by atoms with Gasteiger partial charge in [-0.3, -0.25) is 4.90 Å². The molecule has 0 heterocycles. The van der Waals surface area contributed by atoms with Crippen LogP contribution in [-0.4, -0.2) is 17.0 Å². The molecule has 2 heteroatoms. The summed E-state index contributed by atoms with van der Waals surface area (Å²) < 4.78 is 0. The summed E-state index contributed by atoms with van der Waals surface area (Å²) in [7, 11) is 0. The Balaban J connectivity index is 1.81. The third-order valence-electron chi connectivity index (χ3n) is 4.77. The average molecular weight is 280 g/mol. The highest BCUT2D eigenvalue weighted by Crippen LogP contribution is 2.38. The second kappa shape index (κ2) is 6.42. The van der Waals surface area contributed by atoms with Crippen molar-refractivity contribution in [3.05, 3.63) is 71.8 Å². The van der Waals surface area contributed by atoms with Crippen molar-refractivity contribution in [2.24, 2.45) is 5.73 Å². The fraction of sp³-hybridized carbons (Fsp3) is 0.368. The van der Waals surface area contributed by atoms with Crippen molar-refractivity contribution in [2.75, 3.05) is 6.54 Å². The number of hydrogen-bond donors (Lipinski definition) is 1. The van der Waals surface area contributed by atoms with Crippen molar-refractivity contribution in [1.29, 1.82) is 0 Å². The molecule has 3 rings (SSSR count). The van der Waals surface area contributed by atoms with Gasteiger partial charge in [0.25, 0.3) is 0 Å². The number of nitrogens with two attached hydrogens (primary N) is 1. The second-order valence-corrected chi connectivity index (χ2v) is 6.11. The van der Waals surface area contributed by atoms with E-state index in [2.05, 4.69) is 65.6 Å². The maximum absolute atomic E-state index is 6.14. The zero-order valence-electron chi connectivity index (χ0n) is 12.5. The van der Waals surface area contributed by atoms with Crippen LogP contribution in [0.15, 0.2) is 60.7 Å². The second-order valence-electron chi connectivity index (χ2n) is 6.11. The quantitative estimate of drug-likeness (QED) is 0.876. The van der Waals surface area contributed by atoms with E-state index in [1.165, 1.54) is 30.4 Å². The van der Waals surface area contributed by atoms with E-state index in [1.807, 2.05) is 0 Å². The maximum atomic E-state index is 6.14. The van der Waals surface area contributed by atoms with Gasteiger partial charge in [0.1, 0.15) is 0 Å². The first-order valence-electron chi connectivity index (χ1n) is 7.85. The molecule has 1 saturated carbocycles. The zero-order valence-corrected chi connectivity index (χ0v) is 12.5. The van der Waals surface area contributed by atoms with E-state index in [4.69, 9.17) is 5.73 Å². The van der Waals surface area contributed by atoms with Crippen molar-refractivity contribution in [2.45, 2.75) is 37.9 Å². The molecule has 1 fully saturated rings. The number of hydrogen-bond acceptors (Lipinski definition) is 2. The van der Waals surface area contributed by atoms with E-state index < -0.39 is 0 Å². The molecule has 1 aliphatic carbocycles. The number of rotatable bonds is 6. The van der Waals surface area contributed by atoms with Crippen LogP contribution < -0.4 is 5.73 Å². The van der Waals surface area contributed by atoms with E-state index in [9.17, 15) is 0 Å². The Morgan fingerprint density at radius 1 is 0.810 bits per heavy atom. The molecule has 0 bridgehead atoms. The van der Waals surface area contributed by atoms with Gasteiger partial charge in [0, 0.05) is 25.2 Å². The molecule has 2 aromatic rings. The van der Waals surface area contributed by atoms with Crippen LogP contribution in [0.1, 0.15) is 30.4 Å². The van der Waals surface area contributed by atoms with E-state index in [0.717, 1.165) is 19.6 Å². The highest BCUT2D eigenvalue weighted by atomic mass is 15.2. The maximum Gasteiger partial charge on any atom is 0.0338 e. The van der Waals surface area contributed by atoms with Crippen LogP contribution in [0.25, 0.3) is 0 Å². The molecule has 0 atom stereocenters. The fourth-order valence-electron chi connectivity index (χ4n) is 3.23. The molecule has 0 saturated heterocycles. The summed E-state index contributed by atoms with van der Waals surface area (Å²) in [6.07, 6.45) is 3.75. The van der Waals surface area contributed by atoms with Crippen molar-refractivity contribution in [1.82, 2.24) is 4.90 Å². The molecule has 0 aromatic heterocycles. The summed E-state index contributed by atoms with van der Waals surface area (Å²) >= 11 is 0. The predicted octanol–water partition coefficient (Wildman–Crippen LogP) is 3.57. The summed E-state index contributed by atoms with van der Waals surface area (Å²) in [5.74, 6) is 0. The lowest BCUT2D eigenvalue weighted by atomic mass is 9.75. The van der Waals surface area contributed by atoms with Gasteiger partial charge in [-0.2, -0.15) is 0 Å². The molecule has 110 valence electrons. The molecule has 0 radical (unpaired) electrons. The summed E-state index contributed by atoms with van der Waals surface area (Å²) in [5, 5.41) is 0. The molecule has 21 heavy (non-hydrogen) atoms. The smallest absolute Gasteiger partial charge is 0.0338 e. The van der Waals surface area contributed by atoms with Gasteiger partial charge in [-0.25, -0.2) is 0 Å². The predicted molar refractivity (Wildman–Crippen MR) is 87.8 cm³/mol. The standard InChI is InChI=1S/C19H24N2/c20-16-19(12-7-13-19)21(14-17-8-3-1-4-9-17)15-18-10-5-2-6-11-18/h1-6,8-11H,7,12-16,20H2. The molecule has 1 aliphatic rings. The van der Waals surface area contributed by atoms with E-state index in [0.29, 0.717) is 0 Å². The first-order valence-corrected chi connectivity index (χ1v) is 7.85. The van der Waals surface area contributed by atoms with Crippen molar-refractivity contribution >= 4 is 0 Å². The third kappa shape index (κ3) is 3.17. The van der Waals surface area contributed by atoms with Gasteiger partial charge < -0.3 is 5.73 Å². The van der Waals surface area contributed by atoms with Crippen molar-refractivity contribution in [3.63, 3.8) is 0 Å². The van der Waals surface area contributed by atoms with Crippen molar-refractivity contribution in [3.8, 4) is 0 Å². The van der Waals surface area contributed by atoms with Gasteiger partial charge in [-0.1, -0.05) is 60.7 Å². The largest absolute Gasteiger partial charge is 0.329 e. The molecular formula is C19H24N2. The average Bonchev–Trinajstić information content (AvgIpc) is 2.49. The molecule has 0 spiro atoms. The van der Waals surface area contributed by atoms with Gasteiger partial charge in [0.05, 0.1) is 0 Å². The summed E-state index contributed by atoms with van der Waals surface area (Å²) in [6, 6.07) is 21.5. The van der Waals surface area contributed by atoms with Crippen LogP contribution in [0.3, 0.4) is 0 Å². The first-order chi connectivity index (χ1) is 10.3. The van der Waals surface area contributed by atoms with Crippen LogP contribution in [0.2, 0.25) is 0 Å². The molecule has 2 nitrogen and oxygen atoms in total. The Hall–Kier alpha value is -1.64. The van der Waals surface area contributed by atoms with Gasteiger partial charge in [0.2, 0.25) is 0 Å². The SMILES string of the molecule is NCC1(N(Cc2ccccc2)Cc2ccccc2)CCC1. The highest BCUT2D eigenvalue weighted by molar-refractivity contribution is 5.19. The Morgan fingerprint density at radius 3 is 1.62 bits per heavy atom. The lowest BCUT2D eigenvalue weighted by Crippen LogP contribution is -2.57. The summed E-state index contributed by atoms with van der Waals surface area (Å²) in [5.41, 5.74) is 9.07. The number of benzene rings is 2. The van der Waals surface area contributed by atoms with Crippen LogP contribution in [0, 0.1) is 0 Å². The molecule has 2 aromatic carbocycles. The minimum atomic E-state index is 0.200. The fourth-order valence-corrected chi connectivity index (χ4v) is 3.23. The molecule has 0 unspecified atom stereocenters. The Labute approximate surface area is 127 Å². The molecule has 2 N–H and O–H groups in total. The monoisotopic (exact) mass is 280 g/mol.